The lowest BCUT2D eigenvalue weighted by molar-refractivity contribution is 0.475. The van der Waals surface area contributed by atoms with Crippen LogP contribution in [-0.4, -0.2) is 17.4 Å². The van der Waals surface area contributed by atoms with E-state index in [4.69, 9.17) is 5.11 Å². The largest absolute Gasteiger partial charge is 0.508 e. The average Bonchev–Trinajstić information content (AvgIpc) is 2.88. The molecule has 1 aliphatic rings. The highest BCUT2D eigenvalue weighted by molar-refractivity contribution is 5.79. The van der Waals surface area contributed by atoms with Gasteiger partial charge in [-0.1, -0.05) is 12.1 Å². The summed E-state index contributed by atoms with van der Waals surface area (Å²) in [7, 11) is 0. The van der Waals surface area contributed by atoms with E-state index < -0.39 is 0 Å². The van der Waals surface area contributed by atoms with Crippen LogP contribution in [0.25, 0.3) is 0 Å². The zero-order chi connectivity index (χ0) is 9.10. The Bertz CT molecular complexity index is 318. The molecule has 1 aliphatic carbocycles. The third-order valence-corrected chi connectivity index (χ3v) is 1.92. The first kappa shape index (κ1) is 8.10. The highest BCUT2D eigenvalue weighted by Crippen LogP contribution is 2.18. The molecule has 0 aromatic heterocycles. The zero-order valence-corrected chi connectivity index (χ0v) is 7.27. The van der Waals surface area contributed by atoms with Crippen molar-refractivity contribution in [3.63, 3.8) is 0 Å². The number of hydrogen-bond donors (Lipinski definition) is 2. The van der Waals surface area contributed by atoms with E-state index in [1.807, 2.05) is 6.07 Å². The summed E-state index contributed by atoms with van der Waals surface area (Å²) in [6, 6.07) is 7.60. The molecule has 0 heterocycles. The Hall–Kier alpha value is -1.51. The molecule has 0 spiro atoms. The molecule has 68 valence electrons. The molecule has 1 aromatic rings. The van der Waals surface area contributed by atoms with Crippen molar-refractivity contribution in [1.29, 1.82) is 0 Å². The van der Waals surface area contributed by atoms with Gasteiger partial charge >= 0.3 is 0 Å². The lowest BCUT2D eigenvalue weighted by Gasteiger charge is -1.95. The van der Waals surface area contributed by atoms with Crippen molar-refractivity contribution < 1.29 is 5.11 Å². The van der Waals surface area contributed by atoms with E-state index in [0.717, 1.165) is 5.56 Å². The molecule has 0 radical (unpaired) electrons. The fraction of sp³-hybridized carbons (Fsp3) is 0.300. The van der Waals surface area contributed by atoms with Gasteiger partial charge in [0.25, 0.3) is 0 Å². The van der Waals surface area contributed by atoms with Crippen molar-refractivity contribution in [2.75, 3.05) is 0 Å². The number of hydrogen-bond acceptors (Lipinski definition) is 3. The Kier molecular flexibility index (Phi) is 2.17. The summed E-state index contributed by atoms with van der Waals surface area (Å²) in [5.41, 5.74) is 3.92. The Balaban J connectivity index is 1.95. The molecule has 0 aliphatic heterocycles. The monoisotopic (exact) mass is 176 g/mol. The van der Waals surface area contributed by atoms with Crippen LogP contribution in [0.2, 0.25) is 0 Å². The van der Waals surface area contributed by atoms with Gasteiger partial charge in [0.2, 0.25) is 0 Å². The van der Waals surface area contributed by atoms with Crippen LogP contribution in [0.4, 0.5) is 0 Å². The van der Waals surface area contributed by atoms with Crippen molar-refractivity contribution in [1.82, 2.24) is 5.43 Å². The van der Waals surface area contributed by atoms with Gasteiger partial charge < -0.3 is 10.5 Å². The summed E-state index contributed by atoms with van der Waals surface area (Å²) in [5, 5.41) is 13.2. The minimum absolute atomic E-state index is 0.273. The van der Waals surface area contributed by atoms with E-state index in [1.54, 1.807) is 24.4 Å². The Morgan fingerprint density at radius 3 is 3.00 bits per heavy atom. The molecule has 13 heavy (non-hydrogen) atoms. The number of benzene rings is 1. The molecular formula is C10H12N2O. The fourth-order valence-corrected chi connectivity index (χ4v) is 1.03. The number of phenolic OH excluding ortho intramolecular Hbond substituents is 1. The summed E-state index contributed by atoms with van der Waals surface area (Å²) < 4.78 is 0. The topological polar surface area (TPSA) is 44.6 Å². The average molecular weight is 176 g/mol. The molecule has 3 nitrogen and oxygen atoms in total. The number of rotatable bonds is 3. The van der Waals surface area contributed by atoms with Gasteiger partial charge in [0, 0.05) is 6.04 Å². The van der Waals surface area contributed by atoms with Crippen LogP contribution < -0.4 is 5.43 Å². The molecule has 0 atom stereocenters. The molecule has 1 saturated carbocycles. The van der Waals surface area contributed by atoms with E-state index in [0.29, 0.717) is 6.04 Å². The van der Waals surface area contributed by atoms with Gasteiger partial charge in [-0.2, -0.15) is 5.10 Å². The van der Waals surface area contributed by atoms with Crippen molar-refractivity contribution >= 4 is 6.21 Å². The van der Waals surface area contributed by atoms with Gasteiger partial charge in [-0.25, -0.2) is 0 Å². The van der Waals surface area contributed by atoms with Crippen LogP contribution in [0, 0.1) is 0 Å². The van der Waals surface area contributed by atoms with E-state index in [2.05, 4.69) is 10.5 Å². The lowest BCUT2D eigenvalue weighted by atomic mass is 10.2. The first-order valence-corrected chi connectivity index (χ1v) is 4.42. The highest BCUT2D eigenvalue weighted by atomic mass is 16.3. The maximum absolute atomic E-state index is 9.15. The molecule has 0 saturated heterocycles. The smallest absolute Gasteiger partial charge is 0.116 e. The molecule has 3 heteroatoms. The van der Waals surface area contributed by atoms with Crippen LogP contribution >= 0.6 is 0 Å². The van der Waals surface area contributed by atoms with Crippen LogP contribution in [0.15, 0.2) is 29.4 Å². The minimum Gasteiger partial charge on any atom is -0.508 e. The van der Waals surface area contributed by atoms with Crippen molar-refractivity contribution in [2.24, 2.45) is 5.10 Å². The molecule has 2 rings (SSSR count). The molecular weight excluding hydrogens is 164 g/mol. The third-order valence-electron chi connectivity index (χ3n) is 1.92. The first-order chi connectivity index (χ1) is 6.34. The van der Waals surface area contributed by atoms with Gasteiger partial charge in [0.1, 0.15) is 5.75 Å². The summed E-state index contributed by atoms with van der Waals surface area (Å²) in [5.74, 6) is 0.273. The Labute approximate surface area is 77.1 Å². The highest BCUT2D eigenvalue weighted by Gasteiger charge is 2.19. The third kappa shape index (κ3) is 2.47. The maximum atomic E-state index is 9.15. The predicted molar refractivity (Wildman–Crippen MR) is 51.9 cm³/mol. The lowest BCUT2D eigenvalue weighted by Crippen LogP contribution is -2.07. The number of phenols is 1. The number of nitrogens with zero attached hydrogens (tertiary/aromatic N) is 1. The maximum Gasteiger partial charge on any atom is 0.116 e. The van der Waals surface area contributed by atoms with Crippen molar-refractivity contribution in [3.05, 3.63) is 29.8 Å². The minimum atomic E-state index is 0.273. The van der Waals surface area contributed by atoms with Crippen molar-refractivity contribution in [3.8, 4) is 5.75 Å². The standard InChI is InChI=1S/C10H12N2O/c13-10-3-1-2-8(6-10)7-11-12-9-4-5-9/h1-3,6-7,9,12-13H,4-5H2/b11-7+. The Morgan fingerprint density at radius 1 is 1.46 bits per heavy atom. The van der Waals surface area contributed by atoms with Crippen molar-refractivity contribution in [2.45, 2.75) is 18.9 Å². The summed E-state index contributed by atoms with van der Waals surface area (Å²) >= 11 is 0. The summed E-state index contributed by atoms with van der Waals surface area (Å²) in [6.45, 7) is 0. The predicted octanol–water partition coefficient (Wildman–Crippen LogP) is 1.48. The van der Waals surface area contributed by atoms with Gasteiger partial charge in [0.15, 0.2) is 0 Å². The normalized spacial score (nSPS) is 16.3. The SMILES string of the molecule is Oc1cccc(/C=N/NC2CC2)c1. The summed E-state index contributed by atoms with van der Waals surface area (Å²) in [6.07, 6.45) is 4.16. The van der Waals surface area contributed by atoms with Crippen LogP contribution in [0.5, 0.6) is 5.75 Å². The van der Waals surface area contributed by atoms with E-state index in [1.165, 1.54) is 12.8 Å². The van der Waals surface area contributed by atoms with Gasteiger partial charge in [-0.05, 0) is 30.5 Å². The number of nitrogens with one attached hydrogen (secondary N) is 1. The van der Waals surface area contributed by atoms with Crippen LogP contribution in [0.3, 0.4) is 0 Å². The summed E-state index contributed by atoms with van der Waals surface area (Å²) in [4.78, 5) is 0. The number of aromatic hydroxyl groups is 1. The zero-order valence-electron chi connectivity index (χ0n) is 7.27. The molecule has 1 aromatic carbocycles. The molecule has 0 amide bonds. The fourth-order valence-electron chi connectivity index (χ4n) is 1.03. The van der Waals surface area contributed by atoms with E-state index >= 15 is 0 Å². The van der Waals surface area contributed by atoms with E-state index in [9.17, 15) is 0 Å². The number of hydrazone groups is 1. The second-order valence-corrected chi connectivity index (χ2v) is 3.26. The molecule has 2 N–H and O–H groups in total. The van der Waals surface area contributed by atoms with Crippen LogP contribution in [0.1, 0.15) is 18.4 Å². The molecule has 1 fully saturated rings. The molecule has 0 unspecified atom stereocenters. The first-order valence-electron chi connectivity index (χ1n) is 4.42. The van der Waals surface area contributed by atoms with Gasteiger partial charge in [0.05, 0.1) is 6.21 Å². The quantitative estimate of drug-likeness (QED) is 0.541. The second kappa shape index (κ2) is 3.47. The van der Waals surface area contributed by atoms with Gasteiger partial charge in [-0.3, -0.25) is 0 Å². The van der Waals surface area contributed by atoms with Crippen LogP contribution in [-0.2, 0) is 0 Å². The second-order valence-electron chi connectivity index (χ2n) is 3.26. The van der Waals surface area contributed by atoms with Gasteiger partial charge in [-0.15, -0.1) is 0 Å². The molecule has 0 bridgehead atoms. The Morgan fingerprint density at radius 2 is 2.31 bits per heavy atom. The van der Waals surface area contributed by atoms with E-state index in [-0.39, 0.29) is 5.75 Å².